The number of carbonyl (C=O) groups excluding carboxylic acids is 1. The number of rotatable bonds is 3. The third-order valence-corrected chi connectivity index (χ3v) is 3.12. The van der Waals surface area contributed by atoms with Crippen molar-refractivity contribution in [3.63, 3.8) is 0 Å². The van der Waals surface area contributed by atoms with Crippen LogP contribution in [0.5, 0.6) is 0 Å². The second-order valence-corrected chi connectivity index (χ2v) is 4.50. The standard InChI is InChI=1S/C12H10Cl2N2O/c13-10-2-1-8(5-11(10)14)6-16-4-3-9(7-16)12(15)17/h1-5,7H,6H2,(H2,15,17). The van der Waals surface area contributed by atoms with Crippen molar-refractivity contribution in [2.45, 2.75) is 6.54 Å². The summed E-state index contributed by atoms with van der Waals surface area (Å²) in [5.41, 5.74) is 6.67. The molecule has 2 aromatic rings. The molecule has 2 N–H and O–H groups in total. The van der Waals surface area contributed by atoms with Gasteiger partial charge in [0.15, 0.2) is 0 Å². The fourth-order valence-electron chi connectivity index (χ4n) is 1.53. The normalized spacial score (nSPS) is 10.5. The lowest BCUT2D eigenvalue weighted by atomic mass is 10.2. The lowest BCUT2D eigenvalue weighted by molar-refractivity contribution is 0.100. The van der Waals surface area contributed by atoms with Crippen molar-refractivity contribution in [1.29, 1.82) is 0 Å². The smallest absolute Gasteiger partial charge is 0.250 e. The number of nitrogens with zero attached hydrogens (tertiary/aromatic N) is 1. The average Bonchev–Trinajstić information content (AvgIpc) is 2.72. The molecule has 0 atom stereocenters. The minimum atomic E-state index is -0.433. The summed E-state index contributed by atoms with van der Waals surface area (Å²) in [6.45, 7) is 0.615. The molecule has 0 aliphatic carbocycles. The largest absolute Gasteiger partial charge is 0.366 e. The molecule has 0 bridgehead atoms. The van der Waals surface area contributed by atoms with Crippen molar-refractivity contribution in [3.05, 3.63) is 57.8 Å². The third kappa shape index (κ3) is 2.81. The zero-order valence-corrected chi connectivity index (χ0v) is 10.4. The second kappa shape index (κ2) is 4.82. The van der Waals surface area contributed by atoms with Crippen molar-refractivity contribution in [2.24, 2.45) is 5.73 Å². The predicted molar refractivity (Wildman–Crippen MR) is 68.5 cm³/mol. The summed E-state index contributed by atoms with van der Waals surface area (Å²) in [6, 6.07) is 7.11. The zero-order valence-electron chi connectivity index (χ0n) is 8.86. The molecule has 1 amide bonds. The van der Waals surface area contributed by atoms with Crippen molar-refractivity contribution >= 4 is 29.1 Å². The van der Waals surface area contributed by atoms with Gasteiger partial charge in [0.1, 0.15) is 0 Å². The number of halogens is 2. The topological polar surface area (TPSA) is 48.0 Å². The van der Waals surface area contributed by atoms with Crippen molar-refractivity contribution in [3.8, 4) is 0 Å². The molecular weight excluding hydrogens is 259 g/mol. The highest BCUT2D eigenvalue weighted by molar-refractivity contribution is 6.42. The van der Waals surface area contributed by atoms with Gasteiger partial charge in [-0.3, -0.25) is 4.79 Å². The molecule has 3 nitrogen and oxygen atoms in total. The highest BCUT2D eigenvalue weighted by Crippen LogP contribution is 2.23. The number of hydrogen-bond acceptors (Lipinski definition) is 1. The van der Waals surface area contributed by atoms with E-state index in [2.05, 4.69) is 0 Å². The molecule has 0 saturated heterocycles. The summed E-state index contributed by atoms with van der Waals surface area (Å²) in [6.07, 6.45) is 3.49. The molecule has 0 aliphatic rings. The summed E-state index contributed by atoms with van der Waals surface area (Å²) >= 11 is 11.7. The first-order chi connectivity index (χ1) is 8.06. The van der Waals surface area contributed by atoms with E-state index < -0.39 is 5.91 Å². The van der Waals surface area contributed by atoms with Crippen LogP contribution >= 0.6 is 23.2 Å². The van der Waals surface area contributed by atoms with Gasteiger partial charge in [-0.05, 0) is 23.8 Å². The molecule has 1 aromatic carbocycles. The van der Waals surface area contributed by atoms with Gasteiger partial charge in [0.05, 0.1) is 15.6 Å². The van der Waals surface area contributed by atoms with E-state index in [9.17, 15) is 4.79 Å². The lowest BCUT2D eigenvalue weighted by Gasteiger charge is -2.04. The van der Waals surface area contributed by atoms with Crippen LogP contribution < -0.4 is 5.73 Å². The Labute approximate surface area is 109 Å². The Kier molecular flexibility index (Phi) is 3.41. The molecule has 1 aromatic heterocycles. The fourth-order valence-corrected chi connectivity index (χ4v) is 1.85. The van der Waals surface area contributed by atoms with E-state index in [-0.39, 0.29) is 0 Å². The van der Waals surface area contributed by atoms with Crippen LogP contribution in [-0.2, 0) is 6.54 Å². The van der Waals surface area contributed by atoms with Gasteiger partial charge in [-0.2, -0.15) is 0 Å². The summed E-state index contributed by atoms with van der Waals surface area (Å²) in [5, 5.41) is 1.05. The molecule has 17 heavy (non-hydrogen) atoms. The van der Waals surface area contributed by atoms with Gasteiger partial charge in [-0.1, -0.05) is 29.3 Å². The SMILES string of the molecule is NC(=O)c1ccn(Cc2ccc(Cl)c(Cl)c2)c1. The summed E-state index contributed by atoms with van der Waals surface area (Å²) in [5.74, 6) is -0.433. The number of amides is 1. The molecule has 5 heteroatoms. The molecule has 1 heterocycles. The van der Waals surface area contributed by atoms with Gasteiger partial charge in [0, 0.05) is 18.9 Å². The van der Waals surface area contributed by atoms with E-state index in [1.807, 2.05) is 10.6 Å². The summed E-state index contributed by atoms with van der Waals surface area (Å²) in [7, 11) is 0. The maximum Gasteiger partial charge on any atom is 0.250 e. The fraction of sp³-hybridized carbons (Fsp3) is 0.0833. The number of hydrogen-bond donors (Lipinski definition) is 1. The van der Waals surface area contributed by atoms with Crippen LogP contribution in [0, 0.1) is 0 Å². The van der Waals surface area contributed by atoms with Crippen LogP contribution in [-0.4, -0.2) is 10.5 Å². The van der Waals surface area contributed by atoms with E-state index >= 15 is 0 Å². The Morgan fingerprint density at radius 3 is 2.59 bits per heavy atom. The second-order valence-electron chi connectivity index (χ2n) is 3.69. The van der Waals surface area contributed by atoms with Crippen LogP contribution in [0.25, 0.3) is 0 Å². The number of primary amides is 1. The van der Waals surface area contributed by atoms with E-state index in [1.54, 1.807) is 30.6 Å². The van der Waals surface area contributed by atoms with E-state index in [0.29, 0.717) is 22.2 Å². The Bertz CT molecular complexity index is 563. The van der Waals surface area contributed by atoms with Crippen LogP contribution in [0.4, 0.5) is 0 Å². The summed E-state index contributed by atoms with van der Waals surface area (Å²) in [4.78, 5) is 10.9. The molecule has 0 fully saturated rings. The molecule has 88 valence electrons. The Balaban J connectivity index is 2.19. The monoisotopic (exact) mass is 268 g/mol. The number of benzene rings is 1. The first-order valence-electron chi connectivity index (χ1n) is 4.96. The third-order valence-electron chi connectivity index (χ3n) is 2.38. The van der Waals surface area contributed by atoms with Gasteiger partial charge in [0.25, 0.3) is 0 Å². The number of carbonyl (C=O) groups is 1. The first-order valence-corrected chi connectivity index (χ1v) is 5.71. The quantitative estimate of drug-likeness (QED) is 0.914. The predicted octanol–water partition coefficient (Wildman–Crippen LogP) is 2.94. The Morgan fingerprint density at radius 2 is 2.00 bits per heavy atom. The van der Waals surface area contributed by atoms with Crippen LogP contribution in [0.1, 0.15) is 15.9 Å². The molecule has 0 saturated carbocycles. The molecular formula is C12H10Cl2N2O. The van der Waals surface area contributed by atoms with Crippen molar-refractivity contribution in [2.75, 3.05) is 0 Å². The Hall–Kier alpha value is -1.45. The van der Waals surface area contributed by atoms with E-state index in [0.717, 1.165) is 5.56 Å². The lowest BCUT2D eigenvalue weighted by Crippen LogP contribution is -2.09. The van der Waals surface area contributed by atoms with Gasteiger partial charge >= 0.3 is 0 Å². The first kappa shape index (κ1) is 12.0. The van der Waals surface area contributed by atoms with Gasteiger partial charge < -0.3 is 10.3 Å². The molecule has 0 spiro atoms. The number of aromatic nitrogens is 1. The van der Waals surface area contributed by atoms with Gasteiger partial charge in [-0.15, -0.1) is 0 Å². The van der Waals surface area contributed by atoms with E-state index in [4.69, 9.17) is 28.9 Å². The average molecular weight is 269 g/mol. The molecule has 2 rings (SSSR count). The zero-order chi connectivity index (χ0) is 12.4. The maximum absolute atomic E-state index is 10.9. The Morgan fingerprint density at radius 1 is 1.24 bits per heavy atom. The minimum Gasteiger partial charge on any atom is -0.366 e. The van der Waals surface area contributed by atoms with Crippen LogP contribution in [0.15, 0.2) is 36.7 Å². The highest BCUT2D eigenvalue weighted by Gasteiger charge is 2.04. The van der Waals surface area contributed by atoms with Crippen molar-refractivity contribution < 1.29 is 4.79 Å². The minimum absolute atomic E-state index is 0.433. The van der Waals surface area contributed by atoms with Crippen LogP contribution in [0.3, 0.4) is 0 Å². The van der Waals surface area contributed by atoms with Gasteiger partial charge in [-0.25, -0.2) is 0 Å². The highest BCUT2D eigenvalue weighted by atomic mass is 35.5. The van der Waals surface area contributed by atoms with Crippen LogP contribution in [0.2, 0.25) is 10.0 Å². The number of nitrogens with two attached hydrogens (primary N) is 1. The summed E-state index contributed by atoms with van der Waals surface area (Å²) < 4.78 is 1.86. The molecule has 0 aliphatic heterocycles. The molecule has 0 radical (unpaired) electrons. The molecule has 0 unspecified atom stereocenters. The van der Waals surface area contributed by atoms with Gasteiger partial charge in [0.2, 0.25) is 5.91 Å². The van der Waals surface area contributed by atoms with E-state index in [1.165, 1.54) is 0 Å². The van der Waals surface area contributed by atoms with Crippen molar-refractivity contribution in [1.82, 2.24) is 4.57 Å². The maximum atomic E-state index is 10.9.